The minimum atomic E-state index is -0.0922. The van der Waals surface area contributed by atoms with E-state index < -0.39 is 0 Å². The van der Waals surface area contributed by atoms with Gasteiger partial charge in [0.1, 0.15) is 12.4 Å². The Hall–Kier alpha value is -1.55. The Bertz CT molecular complexity index is 339. The molecule has 0 spiro atoms. The number of hydrogen-bond donors (Lipinski definition) is 1. The molecule has 4 nitrogen and oxygen atoms in total. The van der Waals surface area contributed by atoms with Crippen molar-refractivity contribution in [2.75, 3.05) is 27.4 Å². The second kappa shape index (κ2) is 6.85. The van der Waals surface area contributed by atoms with Gasteiger partial charge in [-0.2, -0.15) is 0 Å². The first-order valence-corrected chi connectivity index (χ1v) is 5.15. The molecule has 0 fully saturated rings. The number of carbonyl (C=O) groups excluding carboxylic acids is 1. The molecule has 0 unspecified atom stereocenters. The van der Waals surface area contributed by atoms with Gasteiger partial charge in [-0.05, 0) is 24.1 Å². The molecule has 4 heteroatoms. The second-order valence-electron chi connectivity index (χ2n) is 3.38. The van der Waals surface area contributed by atoms with Crippen molar-refractivity contribution >= 4 is 5.91 Å². The van der Waals surface area contributed by atoms with Crippen molar-refractivity contribution in [3.8, 4) is 5.75 Å². The zero-order chi connectivity index (χ0) is 11.8. The van der Waals surface area contributed by atoms with Crippen molar-refractivity contribution in [1.82, 2.24) is 5.32 Å². The molecule has 0 aliphatic carbocycles. The first-order valence-electron chi connectivity index (χ1n) is 5.15. The summed E-state index contributed by atoms with van der Waals surface area (Å²) >= 11 is 0. The molecular weight excluding hydrogens is 206 g/mol. The van der Waals surface area contributed by atoms with E-state index in [0.29, 0.717) is 6.54 Å². The van der Waals surface area contributed by atoms with E-state index in [2.05, 4.69) is 5.32 Å². The molecule has 0 atom stereocenters. The summed E-state index contributed by atoms with van der Waals surface area (Å²) in [7, 11) is 3.14. The average molecular weight is 223 g/mol. The molecular formula is C12H17NO3. The van der Waals surface area contributed by atoms with Gasteiger partial charge in [0, 0.05) is 13.7 Å². The quantitative estimate of drug-likeness (QED) is 0.782. The van der Waals surface area contributed by atoms with Crippen LogP contribution < -0.4 is 10.1 Å². The lowest BCUT2D eigenvalue weighted by Gasteiger charge is -2.06. The second-order valence-corrected chi connectivity index (χ2v) is 3.38. The van der Waals surface area contributed by atoms with Crippen LogP contribution in [0, 0.1) is 0 Å². The predicted molar refractivity (Wildman–Crippen MR) is 61.6 cm³/mol. The van der Waals surface area contributed by atoms with Gasteiger partial charge in [0.25, 0.3) is 0 Å². The zero-order valence-electron chi connectivity index (χ0n) is 9.66. The van der Waals surface area contributed by atoms with Crippen molar-refractivity contribution in [3.63, 3.8) is 0 Å². The summed E-state index contributed by atoms with van der Waals surface area (Å²) in [5.74, 6) is 0.742. The highest BCUT2D eigenvalue weighted by molar-refractivity contribution is 5.77. The first kappa shape index (κ1) is 12.5. The Kier molecular flexibility index (Phi) is 5.36. The van der Waals surface area contributed by atoms with Crippen LogP contribution in [0.1, 0.15) is 5.56 Å². The number of carbonyl (C=O) groups is 1. The third-order valence-corrected chi connectivity index (χ3v) is 2.15. The molecule has 88 valence electrons. The molecule has 1 aromatic rings. The van der Waals surface area contributed by atoms with Crippen LogP contribution in [-0.4, -0.2) is 33.3 Å². The monoisotopic (exact) mass is 223 g/mol. The van der Waals surface area contributed by atoms with E-state index >= 15 is 0 Å². The molecule has 0 aliphatic rings. The van der Waals surface area contributed by atoms with Crippen LogP contribution in [0.5, 0.6) is 5.75 Å². The Balaban J connectivity index is 2.34. The van der Waals surface area contributed by atoms with Crippen LogP contribution in [0.25, 0.3) is 0 Å². The van der Waals surface area contributed by atoms with E-state index in [9.17, 15) is 4.79 Å². The lowest BCUT2D eigenvalue weighted by atomic mass is 10.1. The molecule has 0 saturated carbocycles. The van der Waals surface area contributed by atoms with Gasteiger partial charge < -0.3 is 14.8 Å². The summed E-state index contributed by atoms with van der Waals surface area (Å²) in [6.45, 7) is 0.716. The fourth-order valence-corrected chi connectivity index (χ4v) is 1.36. The molecule has 0 saturated heterocycles. The van der Waals surface area contributed by atoms with Crippen molar-refractivity contribution in [2.45, 2.75) is 6.42 Å². The van der Waals surface area contributed by atoms with Crippen LogP contribution >= 0.6 is 0 Å². The molecule has 0 aliphatic heterocycles. The molecule has 0 bridgehead atoms. The molecule has 1 N–H and O–H groups in total. The van der Waals surface area contributed by atoms with Gasteiger partial charge in [-0.1, -0.05) is 12.1 Å². The van der Waals surface area contributed by atoms with E-state index in [0.717, 1.165) is 17.7 Å². The zero-order valence-corrected chi connectivity index (χ0v) is 9.66. The topological polar surface area (TPSA) is 47.6 Å². The molecule has 0 aromatic heterocycles. The molecule has 1 rings (SSSR count). The van der Waals surface area contributed by atoms with Crippen molar-refractivity contribution in [2.24, 2.45) is 0 Å². The minimum absolute atomic E-state index is 0.0922. The molecule has 1 aromatic carbocycles. The summed E-state index contributed by atoms with van der Waals surface area (Å²) in [4.78, 5) is 11.1. The Morgan fingerprint density at radius 3 is 2.88 bits per heavy atom. The van der Waals surface area contributed by atoms with Crippen LogP contribution in [0.4, 0.5) is 0 Å². The van der Waals surface area contributed by atoms with E-state index in [4.69, 9.17) is 9.47 Å². The maximum atomic E-state index is 11.1. The SMILES string of the molecule is COCC(=O)NCCc1cccc(OC)c1. The highest BCUT2D eigenvalue weighted by Crippen LogP contribution is 2.12. The summed E-state index contributed by atoms with van der Waals surface area (Å²) in [6, 6.07) is 7.80. The van der Waals surface area contributed by atoms with Gasteiger partial charge in [0.05, 0.1) is 7.11 Å². The summed E-state index contributed by atoms with van der Waals surface area (Å²) < 4.78 is 9.82. The van der Waals surface area contributed by atoms with E-state index in [1.54, 1.807) is 7.11 Å². The van der Waals surface area contributed by atoms with E-state index in [-0.39, 0.29) is 12.5 Å². The maximum Gasteiger partial charge on any atom is 0.245 e. The highest BCUT2D eigenvalue weighted by atomic mass is 16.5. The Morgan fingerprint density at radius 2 is 2.19 bits per heavy atom. The standard InChI is InChI=1S/C12H17NO3/c1-15-9-12(14)13-7-6-10-4-3-5-11(8-10)16-2/h3-5,8H,6-7,9H2,1-2H3,(H,13,14). The van der Waals surface area contributed by atoms with Crippen molar-refractivity contribution in [1.29, 1.82) is 0 Å². The number of ether oxygens (including phenoxy) is 2. The van der Waals surface area contributed by atoms with Crippen LogP contribution in [0.3, 0.4) is 0 Å². The van der Waals surface area contributed by atoms with Crippen LogP contribution in [0.2, 0.25) is 0 Å². The maximum absolute atomic E-state index is 11.1. The van der Waals surface area contributed by atoms with Gasteiger partial charge in [-0.25, -0.2) is 0 Å². The number of methoxy groups -OCH3 is 2. The van der Waals surface area contributed by atoms with Crippen molar-refractivity contribution < 1.29 is 14.3 Å². The fraction of sp³-hybridized carbons (Fsp3) is 0.417. The summed E-state index contributed by atoms with van der Waals surface area (Å²) in [5, 5.41) is 2.76. The first-order chi connectivity index (χ1) is 7.76. The lowest BCUT2D eigenvalue weighted by Crippen LogP contribution is -2.28. The summed E-state index contributed by atoms with van der Waals surface area (Å²) in [5.41, 5.74) is 1.14. The molecule has 0 radical (unpaired) electrons. The molecule has 16 heavy (non-hydrogen) atoms. The molecule has 0 heterocycles. The number of benzene rings is 1. The molecule has 1 amide bonds. The van der Waals surface area contributed by atoms with E-state index in [1.165, 1.54) is 7.11 Å². The minimum Gasteiger partial charge on any atom is -0.497 e. The number of nitrogens with one attached hydrogen (secondary N) is 1. The largest absolute Gasteiger partial charge is 0.497 e. The van der Waals surface area contributed by atoms with Crippen LogP contribution in [-0.2, 0) is 16.0 Å². The fourth-order valence-electron chi connectivity index (χ4n) is 1.36. The Morgan fingerprint density at radius 1 is 1.38 bits per heavy atom. The normalized spacial score (nSPS) is 9.88. The van der Waals surface area contributed by atoms with E-state index in [1.807, 2.05) is 24.3 Å². The van der Waals surface area contributed by atoms with Gasteiger partial charge in [-0.15, -0.1) is 0 Å². The third-order valence-electron chi connectivity index (χ3n) is 2.15. The third kappa shape index (κ3) is 4.31. The van der Waals surface area contributed by atoms with Crippen molar-refractivity contribution in [3.05, 3.63) is 29.8 Å². The highest BCUT2D eigenvalue weighted by Gasteiger charge is 2.00. The number of amides is 1. The Labute approximate surface area is 95.6 Å². The van der Waals surface area contributed by atoms with Gasteiger partial charge >= 0.3 is 0 Å². The van der Waals surface area contributed by atoms with Crippen LogP contribution in [0.15, 0.2) is 24.3 Å². The number of hydrogen-bond acceptors (Lipinski definition) is 3. The average Bonchev–Trinajstić information content (AvgIpc) is 2.30. The lowest BCUT2D eigenvalue weighted by molar-refractivity contribution is -0.124. The summed E-state index contributed by atoms with van der Waals surface area (Å²) in [6.07, 6.45) is 0.784. The van der Waals surface area contributed by atoms with Gasteiger partial charge in [0.2, 0.25) is 5.91 Å². The van der Waals surface area contributed by atoms with Gasteiger partial charge in [0.15, 0.2) is 0 Å². The van der Waals surface area contributed by atoms with Gasteiger partial charge in [-0.3, -0.25) is 4.79 Å². The predicted octanol–water partition coefficient (Wildman–Crippen LogP) is 1.00. The number of rotatable bonds is 6. The smallest absolute Gasteiger partial charge is 0.245 e.